The molecule has 0 saturated heterocycles. The van der Waals surface area contributed by atoms with Crippen LogP contribution in [0.3, 0.4) is 0 Å². The molecule has 1 aromatic carbocycles. The van der Waals surface area contributed by atoms with Gasteiger partial charge in [0.05, 0.1) is 6.10 Å². The number of hydrogen-bond donors (Lipinski definition) is 3. The van der Waals surface area contributed by atoms with Crippen molar-refractivity contribution in [2.24, 2.45) is 0 Å². The highest BCUT2D eigenvalue weighted by molar-refractivity contribution is 5.94. The van der Waals surface area contributed by atoms with Gasteiger partial charge >= 0.3 is 0 Å². The highest BCUT2D eigenvalue weighted by Crippen LogP contribution is 2.12. The van der Waals surface area contributed by atoms with E-state index in [9.17, 15) is 4.79 Å². The Morgan fingerprint density at radius 3 is 2.81 bits per heavy atom. The van der Waals surface area contributed by atoms with Crippen LogP contribution in [-0.2, 0) is 0 Å². The van der Waals surface area contributed by atoms with E-state index in [0.717, 1.165) is 5.56 Å². The van der Waals surface area contributed by atoms with Gasteiger partial charge in [-0.3, -0.25) is 4.79 Å². The molecule has 4 N–H and O–H groups in total. The van der Waals surface area contributed by atoms with Crippen molar-refractivity contribution in [3.05, 3.63) is 29.3 Å². The van der Waals surface area contributed by atoms with Gasteiger partial charge in [-0.05, 0) is 44.0 Å². The van der Waals surface area contributed by atoms with E-state index in [2.05, 4.69) is 5.32 Å². The summed E-state index contributed by atoms with van der Waals surface area (Å²) in [5.41, 5.74) is 7.83. The first-order valence-electron chi connectivity index (χ1n) is 5.33. The van der Waals surface area contributed by atoms with Gasteiger partial charge in [0.25, 0.3) is 5.91 Å². The van der Waals surface area contributed by atoms with E-state index >= 15 is 0 Å². The van der Waals surface area contributed by atoms with E-state index in [-0.39, 0.29) is 5.91 Å². The van der Waals surface area contributed by atoms with Gasteiger partial charge in [0.1, 0.15) is 0 Å². The lowest BCUT2D eigenvalue weighted by Gasteiger charge is -2.08. The lowest BCUT2D eigenvalue weighted by Crippen LogP contribution is -2.26. The molecule has 0 spiro atoms. The van der Waals surface area contributed by atoms with Crippen LogP contribution in [0.25, 0.3) is 0 Å². The summed E-state index contributed by atoms with van der Waals surface area (Å²) in [5.74, 6) is -0.135. The summed E-state index contributed by atoms with van der Waals surface area (Å²) in [6.45, 7) is 4.03. The third kappa shape index (κ3) is 3.55. The van der Waals surface area contributed by atoms with Gasteiger partial charge in [-0.15, -0.1) is 0 Å². The average Bonchev–Trinajstić information content (AvgIpc) is 2.21. The maximum Gasteiger partial charge on any atom is 0.251 e. The Morgan fingerprint density at radius 2 is 2.25 bits per heavy atom. The minimum Gasteiger partial charge on any atom is -0.399 e. The Kier molecular flexibility index (Phi) is 4.31. The predicted molar refractivity (Wildman–Crippen MR) is 64.2 cm³/mol. The zero-order valence-corrected chi connectivity index (χ0v) is 9.66. The fourth-order valence-electron chi connectivity index (χ4n) is 1.31. The third-order valence-electron chi connectivity index (χ3n) is 2.38. The Hall–Kier alpha value is -1.55. The molecule has 1 rings (SSSR count). The first kappa shape index (κ1) is 12.5. The van der Waals surface area contributed by atoms with Crippen molar-refractivity contribution in [2.45, 2.75) is 26.4 Å². The Labute approximate surface area is 95.5 Å². The number of carbonyl (C=O) groups excluding carboxylic acids is 1. The molecule has 0 aliphatic rings. The molecule has 1 unspecified atom stereocenters. The molecule has 16 heavy (non-hydrogen) atoms. The quantitative estimate of drug-likeness (QED) is 0.667. The van der Waals surface area contributed by atoms with E-state index in [4.69, 9.17) is 10.8 Å². The Balaban J connectivity index is 2.56. The fourth-order valence-corrected chi connectivity index (χ4v) is 1.31. The summed E-state index contributed by atoms with van der Waals surface area (Å²) in [4.78, 5) is 11.7. The molecule has 0 fully saturated rings. The van der Waals surface area contributed by atoms with Gasteiger partial charge in [0.2, 0.25) is 0 Å². The summed E-state index contributed by atoms with van der Waals surface area (Å²) in [6, 6.07) is 5.17. The van der Waals surface area contributed by atoms with Gasteiger partial charge in [-0.2, -0.15) is 0 Å². The SMILES string of the molecule is Cc1cc(C(=O)NCCC(C)O)ccc1N. The summed E-state index contributed by atoms with van der Waals surface area (Å²) >= 11 is 0. The number of benzene rings is 1. The number of nitrogens with two attached hydrogens (primary N) is 1. The molecular weight excluding hydrogens is 204 g/mol. The van der Waals surface area contributed by atoms with Crippen LogP contribution in [0.5, 0.6) is 0 Å². The van der Waals surface area contributed by atoms with Gasteiger partial charge in [-0.1, -0.05) is 0 Å². The van der Waals surface area contributed by atoms with Crippen LogP contribution in [0.4, 0.5) is 5.69 Å². The van der Waals surface area contributed by atoms with Crippen LogP contribution in [0, 0.1) is 6.92 Å². The zero-order valence-electron chi connectivity index (χ0n) is 9.66. The second-order valence-electron chi connectivity index (χ2n) is 3.96. The van der Waals surface area contributed by atoms with Crippen molar-refractivity contribution in [2.75, 3.05) is 12.3 Å². The smallest absolute Gasteiger partial charge is 0.251 e. The molecule has 0 aliphatic carbocycles. The maximum absolute atomic E-state index is 11.7. The maximum atomic E-state index is 11.7. The van der Waals surface area contributed by atoms with Gasteiger partial charge < -0.3 is 16.2 Å². The number of rotatable bonds is 4. The van der Waals surface area contributed by atoms with E-state index in [1.54, 1.807) is 25.1 Å². The average molecular weight is 222 g/mol. The Morgan fingerprint density at radius 1 is 1.56 bits per heavy atom. The van der Waals surface area contributed by atoms with Crippen LogP contribution < -0.4 is 11.1 Å². The molecule has 1 aromatic rings. The van der Waals surface area contributed by atoms with Crippen LogP contribution >= 0.6 is 0 Å². The van der Waals surface area contributed by atoms with Crippen molar-refractivity contribution in [1.82, 2.24) is 5.32 Å². The third-order valence-corrected chi connectivity index (χ3v) is 2.38. The highest BCUT2D eigenvalue weighted by Gasteiger charge is 2.06. The number of amides is 1. The number of hydrogen-bond acceptors (Lipinski definition) is 3. The number of nitrogen functional groups attached to an aromatic ring is 1. The van der Waals surface area contributed by atoms with E-state index in [1.165, 1.54) is 0 Å². The van der Waals surface area contributed by atoms with Crippen molar-refractivity contribution >= 4 is 11.6 Å². The molecule has 4 heteroatoms. The van der Waals surface area contributed by atoms with Gasteiger partial charge in [0.15, 0.2) is 0 Å². The first-order valence-corrected chi connectivity index (χ1v) is 5.33. The Bertz CT molecular complexity index is 375. The molecule has 88 valence electrons. The van der Waals surface area contributed by atoms with Gasteiger partial charge in [-0.25, -0.2) is 0 Å². The largest absolute Gasteiger partial charge is 0.399 e. The minimum absolute atomic E-state index is 0.135. The van der Waals surface area contributed by atoms with E-state index < -0.39 is 6.10 Å². The van der Waals surface area contributed by atoms with E-state index in [0.29, 0.717) is 24.2 Å². The van der Waals surface area contributed by atoms with Crippen LogP contribution in [0.15, 0.2) is 18.2 Å². The molecule has 1 atom stereocenters. The molecular formula is C12H18N2O2. The summed E-state index contributed by atoms with van der Waals surface area (Å²) in [5, 5.41) is 11.8. The van der Waals surface area contributed by atoms with Gasteiger partial charge in [0, 0.05) is 17.8 Å². The number of nitrogens with one attached hydrogen (secondary N) is 1. The lowest BCUT2D eigenvalue weighted by atomic mass is 10.1. The van der Waals surface area contributed by atoms with Crippen molar-refractivity contribution < 1.29 is 9.90 Å². The van der Waals surface area contributed by atoms with Crippen LogP contribution in [0.2, 0.25) is 0 Å². The first-order chi connectivity index (χ1) is 7.50. The molecule has 0 radical (unpaired) electrons. The molecule has 0 bridgehead atoms. The minimum atomic E-state index is -0.395. The van der Waals surface area contributed by atoms with Crippen molar-refractivity contribution in [3.8, 4) is 0 Å². The number of anilines is 1. The topological polar surface area (TPSA) is 75.3 Å². The normalized spacial score (nSPS) is 12.2. The highest BCUT2D eigenvalue weighted by atomic mass is 16.3. The van der Waals surface area contributed by atoms with Crippen molar-refractivity contribution in [3.63, 3.8) is 0 Å². The second-order valence-corrected chi connectivity index (χ2v) is 3.96. The fraction of sp³-hybridized carbons (Fsp3) is 0.417. The number of aliphatic hydroxyl groups is 1. The summed E-state index contributed by atoms with van der Waals surface area (Å²) in [7, 11) is 0. The predicted octanol–water partition coefficient (Wildman–Crippen LogP) is 1.08. The molecule has 1 amide bonds. The number of carbonyl (C=O) groups is 1. The molecule has 0 aliphatic heterocycles. The van der Waals surface area contributed by atoms with Crippen LogP contribution in [0.1, 0.15) is 29.3 Å². The van der Waals surface area contributed by atoms with Crippen molar-refractivity contribution in [1.29, 1.82) is 0 Å². The number of aliphatic hydroxyl groups excluding tert-OH is 1. The van der Waals surface area contributed by atoms with Crippen LogP contribution in [-0.4, -0.2) is 23.7 Å². The summed E-state index contributed by atoms with van der Waals surface area (Å²) < 4.78 is 0. The molecule has 0 aromatic heterocycles. The zero-order chi connectivity index (χ0) is 12.1. The molecule has 0 heterocycles. The summed E-state index contributed by atoms with van der Waals surface area (Å²) in [6.07, 6.45) is 0.160. The number of aryl methyl sites for hydroxylation is 1. The lowest BCUT2D eigenvalue weighted by molar-refractivity contribution is 0.0945. The standard InChI is InChI=1S/C12H18N2O2/c1-8-7-10(3-4-11(8)13)12(16)14-6-5-9(2)15/h3-4,7,9,15H,5-6,13H2,1-2H3,(H,14,16). The molecule has 0 saturated carbocycles. The second kappa shape index (κ2) is 5.51. The monoisotopic (exact) mass is 222 g/mol. The van der Waals surface area contributed by atoms with E-state index in [1.807, 2.05) is 6.92 Å². The molecule has 4 nitrogen and oxygen atoms in total.